The molecule has 33 heavy (non-hydrogen) atoms. The molecule has 3 aliphatic rings. The van der Waals surface area contributed by atoms with Crippen LogP contribution in [0.4, 0.5) is 8.78 Å². The fourth-order valence-electron chi connectivity index (χ4n) is 5.07. The molecule has 0 aromatic rings. The predicted octanol–water partition coefficient (Wildman–Crippen LogP) is 3.95. The number of carbonyl (C=O) groups excluding carboxylic acids is 2. The summed E-state index contributed by atoms with van der Waals surface area (Å²) in [5, 5.41) is 0. The first-order chi connectivity index (χ1) is 15.5. The van der Waals surface area contributed by atoms with Crippen LogP contribution in [0.3, 0.4) is 0 Å². The molecule has 2 heterocycles. The molecular formula is C24H40F2N2O5. The van der Waals surface area contributed by atoms with Gasteiger partial charge in [0.2, 0.25) is 0 Å². The average Bonchev–Trinajstić information content (AvgIpc) is 3.27. The van der Waals surface area contributed by atoms with Crippen LogP contribution < -0.4 is 0 Å². The monoisotopic (exact) mass is 474 g/mol. The summed E-state index contributed by atoms with van der Waals surface area (Å²) >= 11 is 0. The van der Waals surface area contributed by atoms with Gasteiger partial charge in [-0.15, -0.1) is 0 Å². The Balaban J connectivity index is 1.85. The van der Waals surface area contributed by atoms with Crippen LogP contribution in [0.5, 0.6) is 0 Å². The SMILES string of the molecule is CCOC(=O)[C@H]1CC[C@H](OC(C(=O)OC(C)(C)C)(N2CCCC2)N2CCC(F)(F)CC2)CC1. The molecule has 2 aliphatic heterocycles. The van der Waals surface area contributed by atoms with Crippen molar-refractivity contribution in [3.05, 3.63) is 0 Å². The minimum atomic E-state index is -2.74. The van der Waals surface area contributed by atoms with Crippen molar-refractivity contribution in [2.24, 2.45) is 5.92 Å². The normalized spacial score (nSPS) is 28.8. The third-order valence-electron chi connectivity index (χ3n) is 6.75. The van der Waals surface area contributed by atoms with Crippen LogP contribution in [-0.2, 0) is 23.8 Å². The number of rotatable bonds is 7. The first-order valence-corrected chi connectivity index (χ1v) is 12.4. The van der Waals surface area contributed by atoms with Crippen molar-refractivity contribution in [2.45, 2.75) is 103 Å². The van der Waals surface area contributed by atoms with E-state index in [9.17, 15) is 18.4 Å². The molecule has 0 spiro atoms. The molecule has 1 aliphatic carbocycles. The van der Waals surface area contributed by atoms with Gasteiger partial charge >= 0.3 is 11.9 Å². The summed E-state index contributed by atoms with van der Waals surface area (Å²) in [5.74, 6) is -5.15. The van der Waals surface area contributed by atoms with E-state index < -0.39 is 23.3 Å². The number of piperidine rings is 1. The van der Waals surface area contributed by atoms with Crippen molar-refractivity contribution < 1.29 is 32.6 Å². The Morgan fingerprint density at radius 2 is 1.48 bits per heavy atom. The number of nitrogens with zero attached hydrogens (tertiary/aromatic N) is 2. The molecule has 0 radical (unpaired) electrons. The van der Waals surface area contributed by atoms with E-state index in [4.69, 9.17) is 14.2 Å². The predicted molar refractivity (Wildman–Crippen MR) is 119 cm³/mol. The fourth-order valence-corrected chi connectivity index (χ4v) is 5.07. The maximum absolute atomic E-state index is 14.0. The number of likely N-dealkylation sites (tertiary alicyclic amines) is 2. The second-order valence-corrected chi connectivity index (χ2v) is 10.5. The summed E-state index contributed by atoms with van der Waals surface area (Å²) in [5.41, 5.74) is -0.743. The van der Waals surface area contributed by atoms with E-state index in [1.165, 1.54) is 0 Å². The molecule has 0 amide bonds. The van der Waals surface area contributed by atoms with E-state index in [-0.39, 0.29) is 43.9 Å². The molecule has 2 saturated heterocycles. The zero-order valence-electron chi connectivity index (χ0n) is 20.5. The third kappa shape index (κ3) is 6.42. The van der Waals surface area contributed by atoms with Crippen molar-refractivity contribution in [3.63, 3.8) is 0 Å². The Morgan fingerprint density at radius 3 is 2.00 bits per heavy atom. The summed E-state index contributed by atoms with van der Waals surface area (Å²) in [7, 11) is 0. The van der Waals surface area contributed by atoms with Crippen molar-refractivity contribution in [3.8, 4) is 0 Å². The van der Waals surface area contributed by atoms with Crippen molar-refractivity contribution >= 4 is 11.9 Å². The Kier molecular flexibility index (Phi) is 8.38. The van der Waals surface area contributed by atoms with Gasteiger partial charge in [-0.3, -0.25) is 14.6 Å². The molecule has 7 nitrogen and oxygen atoms in total. The summed E-state index contributed by atoms with van der Waals surface area (Å²) in [6.45, 7) is 8.94. The molecule has 190 valence electrons. The third-order valence-corrected chi connectivity index (χ3v) is 6.75. The summed E-state index contributed by atoms with van der Waals surface area (Å²) in [6, 6.07) is 0. The first kappa shape index (κ1) is 26.3. The number of alkyl halides is 2. The van der Waals surface area contributed by atoms with E-state index in [1.54, 1.807) is 32.6 Å². The van der Waals surface area contributed by atoms with Gasteiger partial charge in [0, 0.05) is 39.0 Å². The summed E-state index contributed by atoms with van der Waals surface area (Å²) in [4.78, 5) is 29.7. The minimum Gasteiger partial charge on any atom is -0.466 e. The minimum absolute atomic E-state index is 0.0565. The van der Waals surface area contributed by atoms with Gasteiger partial charge in [-0.2, -0.15) is 0 Å². The molecule has 0 aromatic carbocycles. The maximum atomic E-state index is 14.0. The molecule has 0 bridgehead atoms. The van der Waals surface area contributed by atoms with Gasteiger partial charge in [0.1, 0.15) is 5.60 Å². The van der Waals surface area contributed by atoms with E-state index in [0.717, 1.165) is 12.8 Å². The zero-order valence-corrected chi connectivity index (χ0v) is 20.5. The van der Waals surface area contributed by atoms with Gasteiger partial charge in [-0.1, -0.05) is 0 Å². The molecular weight excluding hydrogens is 434 g/mol. The lowest BCUT2D eigenvalue weighted by molar-refractivity contribution is -0.285. The highest BCUT2D eigenvalue weighted by atomic mass is 19.3. The summed E-state index contributed by atoms with van der Waals surface area (Å²) < 4.78 is 45.7. The van der Waals surface area contributed by atoms with E-state index in [1.807, 2.05) is 4.90 Å². The number of hydrogen-bond acceptors (Lipinski definition) is 7. The molecule has 3 fully saturated rings. The Labute approximate surface area is 196 Å². The molecule has 1 atom stereocenters. The van der Waals surface area contributed by atoms with Crippen LogP contribution in [0, 0.1) is 5.92 Å². The Bertz CT molecular complexity index is 675. The van der Waals surface area contributed by atoms with Gasteiger partial charge in [-0.25, -0.2) is 13.6 Å². The topological polar surface area (TPSA) is 68.3 Å². The van der Waals surface area contributed by atoms with Crippen LogP contribution in [-0.4, -0.2) is 78.0 Å². The van der Waals surface area contributed by atoms with Gasteiger partial charge in [-0.05, 0) is 66.2 Å². The van der Waals surface area contributed by atoms with Crippen LogP contribution in [0.15, 0.2) is 0 Å². The molecule has 1 unspecified atom stereocenters. The molecule has 1 saturated carbocycles. The van der Waals surface area contributed by atoms with E-state index in [2.05, 4.69) is 0 Å². The first-order valence-electron chi connectivity index (χ1n) is 12.4. The van der Waals surface area contributed by atoms with E-state index in [0.29, 0.717) is 45.4 Å². The summed E-state index contributed by atoms with van der Waals surface area (Å²) in [6.07, 6.45) is 3.36. The van der Waals surface area contributed by atoms with Gasteiger partial charge < -0.3 is 14.2 Å². The standard InChI is InChI=1S/C24H40F2N2O5/c1-5-31-20(29)18-8-10-19(11-9-18)32-24(27-14-6-7-15-27,21(30)33-22(2,3)4)28-16-12-23(25,26)13-17-28/h18-19H,5-17H2,1-4H3/t18-,19-,24?. The maximum Gasteiger partial charge on any atom is 0.371 e. The lowest BCUT2D eigenvalue weighted by Crippen LogP contribution is -2.70. The molecule has 3 rings (SSSR count). The Morgan fingerprint density at radius 1 is 0.939 bits per heavy atom. The molecule has 0 aromatic heterocycles. The number of hydrogen-bond donors (Lipinski definition) is 0. The van der Waals surface area contributed by atoms with Crippen LogP contribution >= 0.6 is 0 Å². The highest BCUT2D eigenvalue weighted by Crippen LogP contribution is 2.39. The van der Waals surface area contributed by atoms with Crippen LogP contribution in [0.2, 0.25) is 0 Å². The highest BCUT2D eigenvalue weighted by molar-refractivity contribution is 5.79. The second-order valence-electron chi connectivity index (χ2n) is 10.5. The molecule has 0 N–H and O–H groups in total. The lowest BCUT2D eigenvalue weighted by Gasteiger charge is -2.51. The zero-order chi connectivity index (χ0) is 24.3. The number of halogens is 2. The van der Waals surface area contributed by atoms with Crippen molar-refractivity contribution in [1.29, 1.82) is 0 Å². The quantitative estimate of drug-likeness (QED) is 0.518. The Hall–Kier alpha value is -1.32. The van der Waals surface area contributed by atoms with Gasteiger partial charge in [0.05, 0.1) is 18.6 Å². The smallest absolute Gasteiger partial charge is 0.371 e. The van der Waals surface area contributed by atoms with E-state index >= 15 is 0 Å². The highest BCUT2D eigenvalue weighted by Gasteiger charge is 2.57. The van der Waals surface area contributed by atoms with Gasteiger partial charge in [0.25, 0.3) is 11.8 Å². The largest absolute Gasteiger partial charge is 0.466 e. The number of carbonyl (C=O) groups is 2. The van der Waals surface area contributed by atoms with Crippen LogP contribution in [0.25, 0.3) is 0 Å². The number of ether oxygens (including phenoxy) is 3. The van der Waals surface area contributed by atoms with Crippen molar-refractivity contribution in [1.82, 2.24) is 9.80 Å². The van der Waals surface area contributed by atoms with Gasteiger partial charge in [0.15, 0.2) is 0 Å². The van der Waals surface area contributed by atoms with Crippen molar-refractivity contribution in [2.75, 3.05) is 32.8 Å². The molecule has 9 heteroatoms. The lowest BCUT2D eigenvalue weighted by atomic mass is 9.87. The van der Waals surface area contributed by atoms with Crippen LogP contribution in [0.1, 0.15) is 79.1 Å². The average molecular weight is 475 g/mol. The fraction of sp³-hybridized carbons (Fsp3) is 0.917. The second kappa shape index (κ2) is 10.5. The number of esters is 2.